The zero-order valence-corrected chi connectivity index (χ0v) is 21.2. The predicted octanol–water partition coefficient (Wildman–Crippen LogP) is 5.60. The SMILES string of the molecule is COC(=O)c1ccc([C@H]2CC(NC(=O)C3(c4ccc5c(c4)OC(F)(F)O5)CC3)CC(c3ccccc3)O2)cc1. The first-order valence-corrected chi connectivity index (χ1v) is 12.9. The average molecular weight is 536 g/mol. The Morgan fingerprint density at radius 3 is 2.15 bits per heavy atom. The molecule has 7 nitrogen and oxygen atoms in total. The lowest BCUT2D eigenvalue weighted by Gasteiger charge is -2.37. The molecule has 2 heterocycles. The van der Waals surface area contributed by atoms with Crippen LogP contribution in [0.15, 0.2) is 72.8 Å². The van der Waals surface area contributed by atoms with Crippen molar-refractivity contribution in [2.45, 2.75) is 55.6 Å². The minimum absolute atomic E-state index is 0.0452. The summed E-state index contributed by atoms with van der Waals surface area (Å²) in [5.74, 6) is -0.676. The molecule has 3 atom stereocenters. The number of fused-ring (bicyclic) bond motifs is 1. The van der Waals surface area contributed by atoms with Gasteiger partial charge in [-0.3, -0.25) is 4.79 Å². The fourth-order valence-electron chi connectivity index (χ4n) is 5.43. The van der Waals surface area contributed by atoms with Gasteiger partial charge in [0, 0.05) is 6.04 Å². The summed E-state index contributed by atoms with van der Waals surface area (Å²) in [6, 6.07) is 21.3. The van der Waals surface area contributed by atoms with E-state index in [0.717, 1.165) is 11.1 Å². The largest absolute Gasteiger partial charge is 0.586 e. The van der Waals surface area contributed by atoms with E-state index in [1.807, 2.05) is 42.5 Å². The maximum absolute atomic E-state index is 13.6. The van der Waals surface area contributed by atoms with Crippen molar-refractivity contribution in [2.24, 2.45) is 0 Å². The Bertz CT molecular complexity index is 1390. The molecule has 0 aromatic heterocycles. The number of alkyl halides is 2. The lowest BCUT2D eigenvalue weighted by Crippen LogP contribution is -2.45. The van der Waals surface area contributed by atoms with Gasteiger partial charge in [0.25, 0.3) is 0 Å². The molecule has 1 amide bonds. The summed E-state index contributed by atoms with van der Waals surface area (Å²) in [6.45, 7) is 0. The first kappa shape index (κ1) is 25.3. The number of amides is 1. The molecule has 1 N–H and O–H groups in total. The molecule has 2 unspecified atom stereocenters. The molecule has 9 heteroatoms. The van der Waals surface area contributed by atoms with E-state index < -0.39 is 17.7 Å². The van der Waals surface area contributed by atoms with Gasteiger partial charge in [-0.25, -0.2) is 4.79 Å². The van der Waals surface area contributed by atoms with Gasteiger partial charge in [0.1, 0.15) is 0 Å². The Morgan fingerprint density at radius 1 is 0.872 bits per heavy atom. The molecule has 1 aliphatic carbocycles. The number of hydrogen-bond donors (Lipinski definition) is 1. The number of halogens is 2. The number of methoxy groups -OCH3 is 1. The molecule has 2 fully saturated rings. The molecule has 3 aromatic carbocycles. The van der Waals surface area contributed by atoms with Crippen LogP contribution >= 0.6 is 0 Å². The summed E-state index contributed by atoms with van der Waals surface area (Å²) in [7, 11) is 1.34. The van der Waals surface area contributed by atoms with Crippen molar-refractivity contribution < 1.29 is 37.3 Å². The van der Waals surface area contributed by atoms with Crippen molar-refractivity contribution in [3.63, 3.8) is 0 Å². The lowest BCUT2D eigenvalue weighted by atomic mass is 9.89. The van der Waals surface area contributed by atoms with Gasteiger partial charge in [-0.1, -0.05) is 48.5 Å². The summed E-state index contributed by atoms with van der Waals surface area (Å²) in [5, 5.41) is 3.23. The molecule has 3 aromatic rings. The average Bonchev–Trinajstić information content (AvgIpc) is 3.70. The standard InChI is InChI=1S/C30H27F2NO6/c1-36-27(34)20-9-7-19(8-10-20)25-17-22(16-24(37-25)18-5-3-2-4-6-18)33-28(35)29(13-14-29)21-11-12-23-26(15-21)39-30(31,32)38-23/h2-12,15,22,24-25H,13-14,16-17H2,1H3,(H,33,35)/t22?,24?,25-/m1/s1. The van der Waals surface area contributed by atoms with Crippen LogP contribution in [0.5, 0.6) is 11.5 Å². The molecule has 2 aliphatic heterocycles. The van der Waals surface area contributed by atoms with Gasteiger partial charge in [0.2, 0.25) is 5.91 Å². The second-order valence-corrected chi connectivity index (χ2v) is 10.2. The monoisotopic (exact) mass is 535 g/mol. The Kier molecular flexibility index (Phi) is 6.26. The van der Waals surface area contributed by atoms with E-state index >= 15 is 0 Å². The normalized spacial score (nSPS) is 24.0. The fourth-order valence-corrected chi connectivity index (χ4v) is 5.43. The Balaban J connectivity index is 1.22. The van der Waals surface area contributed by atoms with Crippen LogP contribution in [0.4, 0.5) is 8.78 Å². The minimum atomic E-state index is -3.71. The Labute approximate surface area is 224 Å². The lowest BCUT2D eigenvalue weighted by molar-refractivity contribution is -0.286. The highest BCUT2D eigenvalue weighted by Crippen LogP contribution is 2.52. The van der Waals surface area contributed by atoms with Gasteiger partial charge in [-0.05, 0) is 66.6 Å². The van der Waals surface area contributed by atoms with Crippen LogP contribution in [0.1, 0.15) is 64.9 Å². The van der Waals surface area contributed by atoms with Crippen LogP contribution in [0.3, 0.4) is 0 Å². The number of nitrogens with one attached hydrogen (secondary N) is 1. The molecule has 6 rings (SSSR count). The molecular formula is C30H27F2NO6. The zero-order chi connectivity index (χ0) is 27.2. The van der Waals surface area contributed by atoms with Gasteiger partial charge in [-0.2, -0.15) is 0 Å². The first-order valence-electron chi connectivity index (χ1n) is 12.9. The van der Waals surface area contributed by atoms with E-state index in [1.165, 1.54) is 19.2 Å². The summed E-state index contributed by atoms with van der Waals surface area (Å²) in [4.78, 5) is 25.5. The fraction of sp³-hybridized carbons (Fsp3) is 0.333. The predicted molar refractivity (Wildman–Crippen MR) is 136 cm³/mol. The van der Waals surface area contributed by atoms with Crippen LogP contribution in [-0.4, -0.2) is 31.3 Å². The highest BCUT2D eigenvalue weighted by atomic mass is 19.3. The van der Waals surface area contributed by atoms with Gasteiger partial charge in [0.15, 0.2) is 11.5 Å². The molecule has 1 saturated carbocycles. The van der Waals surface area contributed by atoms with Crippen LogP contribution in [0.2, 0.25) is 0 Å². The van der Waals surface area contributed by atoms with E-state index in [2.05, 4.69) is 14.8 Å². The highest BCUT2D eigenvalue weighted by molar-refractivity contribution is 5.92. The van der Waals surface area contributed by atoms with Gasteiger partial charge in [-0.15, -0.1) is 8.78 Å². The van der Waals surface area contributed by atoms with Gasteiger partial charge in [0.05, 0.1) is 30.3 Å². The Morgan fingerprint density at radius 2 is 1.51 bits per heavy atom. The molecule has 1 saturated heterocycles. The van der Waals surface area contributed by atoms with Crippen LogP contribution in [-0.2, 0) is 19.7 Å². The minimum Gasteiger partial charge on any atom is -0.465 e. The van der Waals surface area contributed by atoms with Gasteiger partial charge >= 0.3 is 12.3 Å². The molecule has 202 valence electrons. The molecule has 0 bridgehead atoms. The maximum atomic E-state index is 13.6. The number of esters is 1. The van der Waals surface area contributed by atoms with Crippen molar-refractivity contribution in [3.05, 3.63) is 95.1 Å². The van der Waals surface area contributed by atoms with Gasteiger partial charge < -0.3 is 24.3 Å². The molecule has 3 aliphatic rings. The number of rotatable bonds is 6. The highest BCUT2D eigenvalue weighted by Gasteiger charge is 2.53. The molecule has 39 heavy (non-hydrogen) atoms. The molecular weight excluding hydrogens is 508 g/mol. The summed E-state index contributed by atoms with van der Waals surface area (Å²) >= 11 is 0. The van der Waals surface area contributed by atoms with E-state index in [0.29, 0.717) is 36.8 Å². The second kappa shape index (κ2) is 9.64. The maximum Gasteiger partial charge on any atom is 0.586 e. The first-order chi connectivity index (χ1) is 18.8. The number of hydrogen-bond acceptors (Lipinski definition) is 6. The van der Waals surface area contributed by atoms with Crippen molar-refractivity contribution in [1.29, 1.82) is 0 Å². The smallest absolute Gasteiger partial charge is 0.465 e. The number of ether oxygens (including phenoxy) is 4. The van der Waals surface area contributed by atoms with Crippen LogP contribution in [0, 0.1) is 0 Å². The molecule has 0 radical (unpaired) electrons. The molecule has 0 spiro atoms. The Hall–Kier alpha value is -3.98. The summed E-state index contributed by atoms with van der Waals surface area (Å²) < 4.78 is 47.4. The van der Waals surface area contributed by atoms with Crippen molar-refractivity contribution >= 4 is 11.9 Å². The second-order valence-electron chi connectivity index (χ2n) is 10.2. The van der Waals surface area contributed by atoms with E-state index in [-0.39, 0.29) is 35.7 Å². The summed E-state index contributed by atoms with van der Waals surface area (Å²) in [6.07, 6.45) is -1.94. The third kappa shape index (κ3) is 4.94. The van der Waals surface area contributed by atoms with Crippen molar-refractivity contribution in [2.75, 3.05) is 7.11 Å². The van der Waals surface area contributed by atoms with Crippen molar-refractivity contribution in [1.82, 2.24) is 5.32 Å². The topological polar surface area (TPSA) is 83.1 Å². The van der Waals surface area contributed by atoms with Crippen LogP contribution < -0.4 is 14.8 Å². The summed E-state index contributed by atoms with van der Waals surface area (Å²) in [5.41, 5.74) is 2.17. The number of carbonyl (C=O) groups is 2. The number of carbonyl (C=O) groups excluding carboxylic acids is 2. The van der Waals surface area contributed by atoms with E-state index in [1.54, 1.807) is 18.2 Å². The quantitative estimate of drug-likeness (QED) is 0.414. The number of benzene rings is 3. The third-order valence-electron chi connectivity index (χ3n) is 7.67. The van der Waals surface area contributed by atoms with Crippen LogP contribution in [0.25, 0.3) is 0 Å². The zero-order valence-electron chi connectivity index (χ0n) is 21.2. The third-order valence-corrected chi connectivity index (χ3v) is 7.67. The van der Waals surface area contributed by atoms with Crippen molar-refractivity contribution in [3.8, 4) is 11.5 Å². The van der Waals surface area contributed by atoms with E-state index in [4.69, 9.17) is 9.47 Å². The van der Waals surface area contributed by atoms with E-state index in [9.17, 15) is 18.4 Å².